The number of hydrogen-bond acceptors (Lipinski definition) is 5. The van der Waals surface area contributed by atoms with E-state index < -0.39 is 15.9 Å². The monoisotopic (exact) mass is 295 g/mol. The maximum Gasteiger partial charge on any atom is 0.248 e. The predicted molar refractivity (Wildman–Crippen MR) is 72.1 cm³/mol. The molecule has 0 aliphatic carbocycles. The molecule has 1 aromatic heterocycles. The van der Waals surface area contributed by atoms with E-state index in [-0.39, 0.29) is 22.7 Å². The largest absolute Gasteiger partial charge is 0.468 e. The lowest BCUT2D eigenvalue weighted by atomic mass is 10.2. The summed E-state index contributed by atoms with van der Waals surface area (Å²) in [5.74, 6) is -0.204. The number of anilines is 1. The summed E-state index contributed by atoms with van der Waals surface area (Å²) in [5.41, 5.74) is 10.8. The normalized spacial score (nSPS) is 11.4. The van der Waals surface area contributed by atoms with Crippen LogP contribution in [0.1, 0.15) is 16.1 Å². The summed E-state index contributed by atoms with van der Waals surface area (Å²) in [6, 6.07) is 7.06. The van der Waals surface area contributed by atoms with Crippen LogP contribution in [0.15, 0.2) is 45.9 Å². The smallest absolute Gasteiger partial charge is 0.248 e. The molecule has 2 aromatic rings. The molecule has 0 spiro atoms. The molecule has 0 aliphatic heterocycles. The summed E-state index contributed by atoms with van der Waals surface area (Å²) in [4.78, 5) is 10.9. The number of rotatable bonds is 5. The minimum Gasteiger partial charge on any atom is -0.468 e. The SMILES string of the molecule is NC(=O)c1ccc(S(=O)(=O)NCc2ccco2)c(N)c1. The molecule has 5 N–H and O–H groups in total. The van der Waals surface area contributed by atoms with Crippen molar-refractivity contribution in [2.24, 2.45) is 5.73 Å². The van der Waals surface area contributed by atoms with Crippen molar-refractivity contribution in [2.45, 2.75) is 11.4 Å². The zero-order valence-electron chi connectivity index (χ0n) is 10.4. The quantitative estimate of drug-likeness (QED) is 0.689. The van der Waals surface area contributed by atoms with E-state index in [4.69, 9.17) is 15.9 Å². The van der Waals surface area contributed by atoms with E-state index in [2.05, 4.69) is 4.72 Å². The van der Waals surface area contributed by atoms with Crippen molar-refractivity contribution >= 4 is 21.6 Å². The van der Waals surface area contributed by atoms with E-state index in [1.165, 1.54) is 24.5 Å². The lowest BCUT2D eigenvalue weighted by Gasteiger charge is -2.09. The molecule has 0 unspecified atom stereocenters. The summed E-state index contributed by atoms with van der Waals surface area (Å²) in [5, 5.41) is 0. The second-order valence-electron chi connectivity index (χ2n) is 4.02. The molecule has 1 aromatic carbocycles. The highest BCUT2D eigenvalue weighted by molar-refractivity contribution is 7.89. The van der Waals surface area contributed by atoms with E-state index in [0.29, 0.717) is 5.76 Å². The summed E-state index contributed by atoms with van der Waals surface area (Å²) < 4.78 is 31.5. The maximum atomic E-state index is 12.1. The average molecular weight is 295 g/mol. The molecule has 0 aliphatic rings. The number of primary amides is 1. The number of amides is 1. The standard InChI is InChI=1S/C12H13N3O4S/c13-10-6-8(12(14)16)3-4-11(10)20(17,18)15-7-9-2-1-5-19-9/h1-6,15H,7,13H2,(H2,14,16). The average Bonchev–Trinajstić information content (AvgIpc) is 2.89. The zero-order chi connectivity index (χ0) is 14.8. The summed E-state index contributed by atoms with van der Waals surface area (Å²) in [6.45, 7) is 0.00629. The van der Waals surface area contributed by atoms with Crippen LogP contribution in [0.5, 0.6) is 0 Å². The van der Waals surface area contributed by atoms with Gasteiger partial charge >= 0.3 is 0 Å². The number of carbonyl (C=O) groups is 1. The molecule has 0 bridgehead atoms. The fourth-order valence-electron chi connectivity index (χ4n) is 1.60. The van der Waals surface area contributed by atoms with Crippen LogP contribution < -0.4 is 16.2 Å². The van der Waals surface area contributed by atoms with Crippen LogP contribution in [0.3, 0.4) is 0 Å². The first-order valence-electron chi connectivity index (χ1n) is 5.61. The van der Waals surface area contributed by atoms with Crippen LogP contribution in [-0.2, 0) is 16.6 Å². The number of sulfonamides is 1. The molecule has 0 atom stereocenters. The van der Waals surface area contributed by atoms with Gasteiger partial charge in [0.2, 0.25) is 15.9 Å². The van der Waals surface area contributed by atoms with Crippen molar-refractivity contribution in [1.82, 2.24) is 4.72 Å². The predicted octanol–water partition coefficient (Wildman–Crippen LogP) is 0.439. The van der Waals surface area contributed by atoms with Gasteiger partial charge in [0.25, 0.3) is 0 Å². The lowest BCUT2D eigenvalue weighted by molar-refractivity contribution is 0.1000. The van der Waals surface area contributed by atoms with Crippen molar-refractivity contribution in [1.29, 1.82) is 0 Å². The van der Waals surface area contributed by atoms with Crippen LogP contribution in [0.25, 0.3) is 0 Å². The molecule has 0 fully saturated rings. The first-order valence-corrected chi connectivity index (χ1v) is 7.10. The first kappa shape index (κ1) is 14.1. The van der Waals surface area contributed by atoms with Gasteiger partial charge in [-0.25, -0.2) is 13.1 Å². The van der Waals surface area contributed by atoms with Gasteiger partial charge in [-0.15, -0.1) is 0 Å². The minimum absolute atomic E-state index is 0.00629. The van der Waals surface area contributed by atoms with E-state index in [1.807, 2.05) is 0 Å². The van der Waals surface area contributed by atoms with Crippen LogP contribution in [0.2, 0.25) is 0 Å². The number of furan rings is 1. The summed E-state index contributed by atoms with van der Waals surface area (Å²) >= 11 is 0. The molecule has 7 nitrogen and oxygen atoms in total. The Morgan fingerprint density at radius 2 is 2.05 bits per heavy atom. The number of benzene rings is 1. The van der Waals surface area contributed by atoms with Crippen molar-refractivity contribution < 1.29 is 17.6 Å². The van der Waals surface area contributed by atoms with Crippen LogP contribution in [-0.4, -0.2) is 14.3 Å². The van der Waals surface area contributed by atoms with Crippen molar-refractivity contribution in [3.05, 3.63) is 47.9 Å². The van der Waals surface area contributed by atoms with Gasteiger partial charge in [0.05, 0.1) is 18.5 Å². The molecule has 8 heteroatoms. The van der Waals surface area contributed by atoms with Crippen LogP contribution >= 0.6 is 0 Å². The molecule has 20 heavy (non-hydrogen) atoms. The Morgan fingerprint density at radius 1 is 1.30 bits per heavy atom. The lowest BCUT2D eigenvalue weighted by Crippen LogP contribution is -2.24. The number of carbonyl (C=O) groups excluding carboxylic acids is 1. The van der Waals surface area contributed by atoms with E-state index >= 15 is 0 Å². The minimum atomic E-state index is -3.80. The molecule has 0 saturated carbocycles. The third kappa shape index (κ3) is 2.98. The van der Waals surface area contributed by atoms with Crippen LogP contribution in [0, 0.1) is 0 Å². The first-order chi connectivity index (χ1) is 9.40. The fraction of sp³-hybridized carbons (Fsp3) is 0.0833. The number of hydrogen-bond donors (Lipinski definition) is 3. The third-order valence-electron chi connectivity index (χ3n) is 2.60. The Balaban J connectivity index is 2.23. The number of nitrogens with two attached hydrogens (primary N) is 2. The molecule has 0 saturated heterocycles. The fourth-order valence-corrected chi connectivity index (χ4v) is 2.71. The molecule has 2 rings (SSSR count). The van der Waals surface area contributed by atoms with Gasteiger partial charge in [-0.05, 0) is 30.3 Å². The highest BCUT2D eigenvalue weighted by Crippen LogP contribution is 2.19. The van der Waals surface area contributed by atoms with E-state index in [0.717, 1.165) is 0 Å². The van der Waals surface area contributed by atoms with Gasteiger partial charge in [0.1, 0.15) is 10.7 Å². The van der Waals surface area contributed by atoms with Gasteiger partial charge in [0.15, 0.2) is 0 Å². The highest BCUT2D eigenvalue weighted by Gasteiger charge is 2.18. The van der Waals surface area contributed by atoms with Crippen molar-refractivity contribution in [2.75, 3.05) is 5.73 Å². The molecular weight excluding hydrogens is 282 g/mol. The maximum absolute atomic E-state index is 12.1. The molecule has 0 radical (unpaired) electrons. The highest BCUT2D eigenvalue weighted by atomic mass is 32.2. The van der Waals surface area contributed by atoms with E-state index in [9.17, 15) is 13.2 Å². The van der Waals surface area contributed by atoms with Gasteiger partial charge in [-0.1, -0.05) is 0 Å². The Morgan fingerprint density at radius 3 is 2.60 bits per heavy atom. The Labute approximate surface area is 115 Å². The van der Waals surface area contributed by atoms with Crippen molar-refractivity contribution in [3.8, 4) is 0 Å². The Kier molecular flexibility index (Phi) is 3.77. The Bertz CT molecular complexity index is 723. The summed E-state index contributed by atoms with van der Waals surface area (Å²) in [7, 11) is -3.80. The van der Waals surface area contributed by atoms with Crippen molar-refractivity contribution in [3.63, 3.8) is 0 Å². The van der Waals surface area contributed by atoms with Gasteiger partial charge in [0, 0.05) is 5.56 Å². The molecular formula is C12H13N3O4S. The molecule has 1 amide bonds. The number of nitrogens with one attached hydrogen (secondary N) is 1. The van der Waals surface area contributed by atoms with Gasteiger partial charge in [-0.3, -0.25) is 4.79 Å². The molecule has 1 heterocycles. The van der Waals surface area contributed by atoms with Gasteiger partial charge in [-0.2, -0.15) is 0 Å². The second kappa shape index (κ2) is 5.35. The summed E-state index contributed by atoms with van der Waals surface area (Å²) in [6.07, 6.45) is 1.44. The zero-order valence-corrected chi connectivity index (χ0v) is 11.2. The Hall–Kier alpha value is -2.32. The topological polar surface area (TPSA) is 128 Å². The second-order valence-corrected chi connectivity index (χ2v) is 5.76. The van der Waals surface area contributed by atoms with Gasteiger partial charge < -0.3 is 15.9 Å². The third-order valence-corrected chi connectivity index (χ3v) is 4.08. The number of nitrogen functional groups attached to an aromatic ring is 1. The van der Waals surface area contributed by atoms with Crippen LogP contribution in [0.4, 0.5) is 5.69 Å². The molecule has 106 valence electrons. The van der Waals surface area contributed by atoms with E-state index in [1.54, 1.807) is 12.1 Å².